The summed E-state index contributed by atoms with van der Waals surface area (Å²) in [4.78, 5) is 36.8. The first-order chi connectivity index (χ1) is 20.0. The van der Waals surface area contributed by atoms with E-state index in [0.717, 1.165) is 37.7 Å². The van der Waals surface area contributed by atoms with Gasteiger partial charge in [-0.25, -0.2) is 4.79 Å². The molecule has 0 amide bonds. The topological polar surface area (TPSA) is 138 Å². The second-order valence-electron chi connectivity index (χ2n) is 14.0. The number of hydrogen-bond donors (Lipinski definition) is 2. The molecule has 42 heavy (non-hydrogen) atoms. The van der Waals surface area contributed by atoms with E-state index in [-0.39, 0.29) is 41.2 Å². The van der Waals surface area contributed by atoms with Crippen molar-refractivity contribution in [1.82, 2.24) is 0 Å². The minimum atomic E-state index is -0.973. The minimum Gasteiger partial charge on any atom is -0.458 e. The molecule has 0 bridgehead atoms. The number of carbonyl (C=O) groups excluding carboxylic acids is 3. The third kappa shape index (κ3) is 4.50. The first-order valence-corrected chi connectivity index (χ1v) is 15.7. The van der Waals surface area contributed by atoms with Gasteiger partial charge < -0.3 is 38.7 Å². The molecule has 0 radical (unpaired) electrons. The molecule has 1 saturated heterocycles. The van der Waals surface area contributed by atoms with Crippen LogP contribution in [0.5, 0.6) is 0 Å². The van der Waals surface area contributed by atoms with Gasteiger partial charge in [0, 0.05) is 30.9 Å². The van der Waals surface area contributed by atoms with E-state index >= 15 is 0 Å². The molecule has 13 atom stereocenters. The lowest BCUT2D eigenvalue weighted by Crippen LogP contribution is -2.64. The summed E-state index contributed by atoms with van der Waals surface area (Å²) >= 11 is 0. The number of esters is 2. The van der Waals surface area contributed by atoms with E-state index in [4.69, 9.17) is 23.7 Å². The van der Waals surface area contributed by atoms with E-state index in [9.17, 15) is 24.6 Å². The highest BCUT2D eigenvalue weighted by Gasteiger charge is 2.68. The van der Waals surface area contributed by atoms with Crippen LogP contribution in [0.2, 0.25) is 0 Å². The second-order valence-corrected chi connectivity index (χ2v) is 14.0. The molecule has 6 rings (SSSR count). The van der Waals surface area contributed by atoms with E-state index < -0.39 is 47.7 Å². The van der Waals surface area contributed by atoms with Gasteiger partial charge in [0.2, 0.25) is 0 Å². The Morgan fingerprint density at radius 2 is 1.88 bits per heavy atom. The number of aliphatic hydroxyl groups is 2. The smallest absolute Gasteiger partial charge is 0.331 e. The van der Waals surface area contributed by atoms with E-state index in [1.165, 1.54) is 20.3 Å². The summed E-state index contributed by atoms with van der Waals surface area (Å²) in [6.45, 7) is 5.54. The van der Waals surface area contributed by atoms with Crippen LogP contribution in [-0.4, -0.2) is 84.6 Å². The molecule has 234 valence electrons. The van der Waals surface area contributed by atoms with Gasteiger partial charge in [0.05, 0.1) is 17.8 Å². The molecule has 0 aromatic heterocycles. The van der Waals surface area contributed by atoms with Crippen molar-refractivity contribution in [3.05, 3.63) is 11.6 Å². The normalized spacial score (nSPS) is 50.1. The Bertz CT molecular complexity index is 1120. The number of aliphatic hydroxyl groups excluding tert-OH is 1. The lowest BCUT2D eigenvalue weighted by Gasteiger charge is -2.63. The number of rotatable bonds is 6. The summed E-state index contributed by atoms with van der Waals surface area (Å²) in [5.74, 6) is -0.462. The fourth-order valence-electron chi connectivity index (χ4n) is 10.3. The molecule has 4 aliphatic carbocycles. The monoisotopic (exact) mass is 590 g/mol. The van der Waals surface area contributed by atoms with Gasteiger partial charge in [-0.2, -0.15) is 0 Å². The molecule has 2 heterocycles. The highest BCUT2D eigenvalue weighted by Crippen LogP contribution is 2.69. The van der Waals surface area contributed by atoms with Crippen LogP contribution in [0.25, 0.3) is 0 Å². The number of carbonyl (C=O) groups is 3. The molecule has 0 unspecified atom stereocenters. The van der Waals surface area contributed by atoms with E-state index in [0.29, 0.717) is 32.3 Å². The van der Waals surface area contributed by atoms with Gasteiger partial charge in [-0.15, -0.1) is 0 Å². The van der Waals surface area contributed by atoms with Gasteiger partial charge in [0.1, 0.15) is 25.1 Å². The maximum atomic E-state index is 13.1. The maximum Gasteiger partial charge on any atom is 0.331 e. The van der Waals surface area contributed by atoms with Crippen molar-refractivity contribution < 1.29 is 48.3 Å². The number of ether oxygens (including phenoxy) is 5. The largest absolute Gasteiger partial charge is 0.458 e. The van der Waals surface area contributed by atoms with Crippen molar-refractivity contribution >= 4 is 18.2 Å². The lowest BCUT2D eigenvalue weighted by molar-refractivity contribution is -0.315. The highest BCUT2D eigenvalue weighted by molar-refractivity contribution is 5.85. The van der Waals surface area contributed by atoms with Crippen LogP contribution < -0.4 is 0 Å². The zero-order valence-corrected chi connectivity index (χ0v) is 25.2. The summed E-state index contributed by atoms with van der Waals surface area (Å²) in [6, 6.07) is 0. The molecular weight excluding hydrogens is 544 g/mol. The molecule has 2 aliphatic heterocycles. The quantitative estimate of drug-likeness (QED) is 0.270. The van der Waals surface area contributed by atoms with E-state index in [1.54, 1.807) is 13.0 Å². The van der Waals surface area contributed by atoms with Gasteiger partial charge >= 0.3 is 11.9 Å². The third-order valence-electron chi connectivity index (χ3n) is 12.4. The number of aldehydes is 1. The number of cyclic esters (lactones) is 1. The van der Waals surface area contributed by atoms with Gasteiger partial charge in [-0.3, -0.25) is 4.79 Å². The predicted molar refractivity (Wildman–Crippen MR) is 148 cm³/mol. The Morgan fingerprint density at radius 3 is 2.55 bits per heavy atom. The van der Waals surface area contributed by atoms with Crippen LogP contribution in [-0.2, 0) is 38.1 Å². The predicted octanol–water partition coefficient (Wildman–Crippen LogP) is 2.86. The number of hydrogen-bond acceptors (Lipinski definition) is 10. The summed E-state index contributed by atoms with van der Waals surface area (Å²) in [5, 5.41) is 23.0. The number of methoxy groups -OCH3 is 1. The summed E-state index contributed by atoms with van der Waals surface area (Å²) in [6.07, 6.45) is 5.29. The first-order valence-electron chi connectivity index (χ1n) is 15.7. The molecule has 5 fully saturated rings. The standard InChI is InChI=1S/C32H46O10/c1-17-26(36)27(38-4)28(41-18(2)34)29(40-17)42-21-7-11-31(16-33)20(14-21)5-6-24-23(31)8-10-30(3)22(9-12-32(24,30)37)19-13-25(35)39-15-19/h13,16-17,20-24,26-29,36-37H,5-12,14-15H2,1-4H3/t17-,20+,21-,22-,23-,24+,26-,27+,28-,29-,30+,31+,32-/m0/s1. The molecule has 10 nitrogen and oxygen atoms in total. The zero-order valence-electron chi connectivity index (χ0n) is 25.2. The van der Waals surface area contributed by atoms with Crippen LogP contribution in [0.4, 0.5) is 0 Å². The average molecular weight is 591 g/mol. The first kappa shape index (κ1) is 30.2. The fourth-order valence-corrected chi connectivity index (χ4v) is 10.3. The molecule has 2 N–H and O–H groups in total. The van der Waals surface area contributed by atoms with E-state index in [1.807, 2.05) is 0 Å². The Balaban J connectivity index is 1.19. The lowest BCUT2D eigenvalue weighted by atomic mass is 9.43. The summed E-state index contributed by atoms with van der Waals surface area (Å²) in [5.41, 5.74) is -0.761. The zero-order chi connectivity index (χ0) is 30.0. The van der Waals surface area contributed by atoms with Crippen molar-refractivity contribution in [2.24, 2.45) is 34.5 Å². The van der Waals surface area contributed by atoms with Crippen LogP contribution >= 0.6 is 0 Å². The molecule has 4 saturated carbocycles. The minimum absolute atomic E-state index is 0.0265. The van der Waals surface area contributed by atoms with Crippen molar-refractivity contribution in [1.29, 1.82) is 0 Å². The molecule has 0 spiro atoms. The molecule has 0 aromatic rings. The Kier molecular flexibility index (Phi) is 7.87. The van der Waals surface area contributed by atoms with Gasteiger partial charge in [-0.05, 0) is 94.0 Å². The summed E-state index contributed by atoms with van der Waals surface area (Å²) in [7, 11) is 1.46. The van der Waals surface area contributed by atoms with Gasteiger partial charge in [0.15, 0.2) is 12.4 Å². The molecule has 10 heteroatoms. The SMILES string of the molecule is CO[C@@H]1[C@@H](O)[C@H](C)O[C@@H](O[C@H]2CC[C@@]3(C=O)[C@H](CC[C@@H]4[C@@H]3CC[C@]3(C)[C@H](C5=CC(=O)OC5)CC[C@]43O)C2)[C@H]1OC(C)=O. The van der Waals surface area contributed by atoms with Crippen LogP contribution in [0.15, 0.2) is 11.6 Å². The Morgan fingerprint density at radius 1 is 1.10 bits per heavy atom. The van der Waals surface area contributed by atoms with E-state index in [2.05, 4.69) is 6.92 Å². The average Bonchev–Trinajstić information content (AvgIpc) is 3.50. The van der Waals surface area contributed by atoms with Crippen LogP contribution in [0.1, 0.15) is 78.6 Å². The Hall–Kier alpha value is -1.85. The third-order valence-corrected chi connectivity index (χ3v) is 12.4. The van der Waals surface area contributed by atoms with Gasteiger partial charge in [-0.1, -0.05) is 6.92 Å². The van der Waals surface area contributed by atoms with Crippen LogP contribution in [0.3, 0.4) is 0 Å². The van der Waals surface area contributed by atoms with Crippen LogP contribution in [0, 0.1) is 34.5 Å². The van der Waals surface area contributed by atoms with Gasteiger partial charge in [0.25, 0.3) is 0 Å². The fraction of sp³-hybridized carbons (Fsp3) is 0.844. The second kappa shape index (κ2) is 10.9. The van der Waals surface area contributed by atoms with Crippen molar-refractivity contribution in [2.75, 3.05) is 13.7 Å². The Labute approximate surface area is 247 Å². The molecule has 0 aromatic carbocycles. The van der Waals surface area contributed by atoms with Crippen molar-refractivity contribution in [3.63, 3.8) is 0 Å². The van der Waals surface area contributed by atoms with Crippen molar-refractivity contribution in [3.8, 4) is 0 Å². The number of fused-ring (bicyclic) bond motifs is 5. The maximum absolute atomic E-state index is 13.1. The molecular formula is C32H46O10. The van der Waals surface area contributed by atoms with Crippen molar-refractivity contribution in [2.45, 2.75) is 121 Å². The highest BCUT2D eigenvalue weighted by atomic mass is 16.7. The molecule has 6 aliphatic rings. The summed E-state index contributed by atoms with van der Waals surface area (Å²) < 4.78 is 28.7.